The Morgan fingerprint density at radius 2 is 1.56 bits per heavy atom. The van der Waals surface area contributed by atoms with Crippen molar-refractivity contribution in [2.24, 2.45) is 26.1 Å². The Bertz CT molecular complexity index is 2160. The lowest BCUT2D eigenvalue weighted by atomic mass is 10.1. The van der Waals surface area contributed by atoms with Gasteiger partial charge in [0.1, 0.15) is 0 Å². The maximum Gasteiger partial charge on any atom is 0.332 e. The van der Waals surface area contributed by atoms with Gasteiger partial charge in [0.25, 0.3) is 11.5 Å². The number of rotatable bonds is 6. The van der Waals surface area contributed by atoms with Crippen LogP contribution in [0.1, 0.15) is 16.7 Å². The van der Waals surface area contributed by atoms with Crippen molar-refractivity contribution in [3.63, 3.8) is 0 Å². The van der Waals surface area contributed by atoms with E-state index < -0.39 is 11.2 Å². The third kappa shape index (κ3) is 5.22. The standard InChI is InChI=1S/C33H30N6O5S/c1-19-11-10-12-20(2)26(19)34-32-39(22-13-8-7-9-14-22)29(40)25(45-32)18-21-15-16-23(24(17-21)43-6)44-31-35-28-27(36(31)3)30(41)38(5)33(42)37(28)4/h7-18H,1-6H3/b25-18+,34-32?. The number of hydrogen-bond acceptors (Lipinski definition) is 8. The number of methoxy groups -OCH3 is 1. The Balaban J connectivity index is 1.36. The second kappa shape index (κ2) is 11.6. The van der Waals surface area contributed by atoms with Crippen molar-refractivity contribution in [2.45, 2.75) is 13.8 Å². The first-order valence-electron chi connectivity index (χ1n) is 14.0. The SMILES string of the molecule is COc1cc(/C=C2/SC(=Nc3c(C)cccc3C)N(c3ccccc3)C2=O)ccc1Oc1nc2c(c(=O)n(C)c(=O)n2C)n1C. The van der Waals surface area contributed by atoms with E-state index in [1.807, 2.05) is 62.4 Å². The molecule has 2 aromatic heterocycles. The number of benzene rings is 3. The molecule has 1 aliphatic rings. The van der Waals surface area contributed by atoms with Crippen molar-refractivity contribution < 1.29 is 14.3 Å². The van der Waals surface area contributed by atoms with Crippen LogP contribution in [0.3, 0.4) is 0 Å². The maximum absolute atomic E-state index is 13.8. The van der Waals surface area contributed by atoms with Crippen LogP contribution in [0.5, 0.6) is 17.5 Å². The van der Waals surface area contributed by atoms with Gasteiger partial charge < -0.3 is 9.47 Å². The fourth-order valence-corrected chi connectivity index (χ4v) is 6.12. The van der Waals surface area contributed by atoms with Gasteiger partial charge in [0.15, 0.2) is 27.8 Å². The molecule has 0 radical (unpaired) electrons. The van der Waals surface area contributed by atoms with Crippen LogP contribution in [0.4, 0.5) is 11.4 Å². The van der Waals surface area contributed by atoms with Crippen molar-refractivity contribution >= 4 is 51.5 Å². The molecule has 0 aliphatic carbocycles. The number of hydrogen-bond donors (Lipinski definition) is 0. The summed E-state index contributed by atoms with van der Waals surface area (Å²) >= 11 is 1.30. The molecule has 6 rings (SSSR count). The summed E-state index contributed by atoms with van der Waals surface area (Å²) in [6, 6.07) is 20.8. The van der Waals surface area contributed by atoms with Crippen LogP contribution in [-0.4, -0.2) is 36.9 Å². The number of carbonyl (C=O) groups excluding carboxylic acids is 1. The van der Waals surface area contributed by atoms with Crippen LogP contribution in [-0.2, 0) is 25.9 Å². The fourth-order valence-electron chi connectivity index (χ4n) is 5.13. The van der Waals surface area contributed by atoms with Crippen molar-refractivity contribution in [3.05, 3.63) is 109 Å². The molecule has 1 saturated heterocycles. The van der Waals surface area contributed by atoms with Crippen molar-refractivity contribution in [1.29, 1.82) is 0 Å². The minimum absolute atomic E-state index is 0.111. The van der Waals surface area contributed by atoms with Crippen LogP contribution in [0.2, 0.25) is 0 Å². The summed E-state index contributed by atoms with van der Waals surface area (Å²) in [5.41, 5.74) is 3.77. The van der Waals surface area contributed by atoms with E-state index in [9.17, 15) is 14.4 Å². The molecule has 228 valence electrons. The lowest BCUT2D eigenvalue weighted by Gasteiger charge is -2.16. The highest BCUT2D eigenvalue weighted by Gasteiger charge is 2.35. The zero-order valence-corrected chi connectivity index (χ0v) is 26.4. The molecule has 3 heterocycles. The Hall–Kier alpha value is -5.36. The summed E-state index contributed by atoms with van der Waals surface area (Å²) in [5, 5.41) is 0.559. The summed E-state index contributed by atoms with van der Waals surface area (Å²) in [5.74, 6) is 0.536. The van der Waals surface area contributed by atoms with E-state index in [2.05, 4.69) is 4.98 Å². The van der Waals surface area contributed by atoms with Crippen molar-refractivity contribution in [1.82, 2.24) is 18.7 Å². The van der Waals surface area contributed by atoms with E-state index in [4.69, 9.17) is 14.5 Å². The molecule has 0 unspecified atom stereocenters. The van der Waals surface area contributed by atoms with Gasteiger partial charge in [-0.3, -0.25) is 28.2 Å². The summed E-state index contributed by atoms with van der Waals surface area (Å²) in [6.07, 6.45) is 1.79. The summed E-state index contributed by atoms with van der Waals surface area (Å²) in [6.45, 7) is 4.00. The number of para-hydroxylation sites is 2. The number of thioether (sulfide) groups is 1. The minimum Gasteiger partial charge on any atom is -0.493 e. The largest absolute Gasteiger partial charge is 0.493 e. The third-order valence-electron chi connectivity index (χ3n) is 7.59. The molecule has 45 heavy (non-hydrogen) atoms. The molecule has 12 heteroatoms. The molecular formula is C33H30N6O5S. The number of amides is 1. The number of aryl methyl sites for hydroxylation is 4. The lowest BCUT2D eigenvalue weighted by molar-refractivity contribution is -0.113. The van der Waals surface area contributed by atoms with Gasteiger partial charge >= 0.3 is 11.7 Å². The number of aliphatic imine (C=N–C) groups is 1. The number of amidine groups is 1. The lowest BCUT2D eigenvalue weighted by Crippen LogP contribution is -2.37. The molecule has 11 nitrogen and oxygen atoms in total. The zero-order chi connectivity index (χ0) is 32.0. The summed E-state index contributed by atoms with van der Waals surface area (Å²) in [4.78, 5) is 50.5. The number of anilines is 1. The Morgan fingerprint density at radius 1 is 0.844 bits per heavy atom. The second-order valence-electron chi connectivity index (χ2n) is 10.6. The predicted octanol–water partition coefficient (Wildman–Crippen LogP) is 5.20. The Kier molecular flexibility index (Phi) is 7.67. The van der Waals surface area contributed by atoms with E-state index in [1.165, 1.54) is 35.1 Å². The predicted molar refractivity (Wildman–Crippen MR) is 177 cm³/mol. The van der Waals surface area contributed by atoms with Crippen LogP contribution < -0.4 is 25.6 Å². The van der Waals surface area contributed by atoms with Crippen molar-refractivity contribution in [2.75, 3.05) is 12.0 Å². The molecule has 0 bridgehead atoms. The highest BCUT2D eigenvalue weighted by molar-refractivity contribution is 8.19. The third-order valence-corrected chi connectivity index (χ3v) is 8.56. The van der Waals surface area contributed by atoms with Crippen LogP contribution in [0, 0.1) is 13.8 Å². The number of carbonyl (C=O) groups is 1. The molecule has 0 saturated carbocycles. The van der Waals surface area contributed by atoms with Gasteiger partial charge in [-0.05, 0) is 72.6 Å². The topological polar surface area (TPSA) is 113 Å². The molecule has 0 atom stereocenters. The van der Waals surface area contributed by atoms with E-state index in [0.29, 0.717) is 27.1 Å². The minimum atomic E-state index is -0.487. The number of ether oxygens (including phenoxy) is 2. The first-order valence-corrected chi connectivity index (χ1v) is 14.8. The monoisotopic (exact) mass is 622 g/mol. The van der Waals surface area contributed by atoms with E-state index in [0.717, 1.165) is 27.1 Å². The molecule has 0 N–H and O–H groups in total. The highest BCUT2D eigenvalue weighted by atomic mass is 32.2. The molecule has 5 aromatic rings. The average Bonchev–Trinajstić information content (AvgIpc) is 3.53. The van der Waals surface area contributed by atoms with Crippen LogP contribution >= 0.6 is 11.8 Å². The van der Waals surface area contributed by atoms with Gasteiger partial charge in [0.05, 0.1) is 23.4 Å². The van der Waals surface area contributed by atoms with E-state index in [-0.39, 0.29) is 23.1 Å². The first-order chi connectivity index (χ1) is 21.6. The molecular weight excluding hydrogens is 592 g/mol. The normalized spacial score (nSPS) is 15.1. The number of imidazole rings is 1. The summed E-state index contributed by atoms with van der Waals surface area (Å²) < 4.78 is 15.5. The van der Waals surface area contributed by atoms with Gasteiger partial charge in [-0.25, -0.2) is 9.79 Å². The fraction of sp³-hybridized carbons (Fsp3) is 0.182. The van der Waals surface area contributed by atoms with E-state index in [1.54, 1.807) is 43.3 Å². The average molecular weight is 623 g/mol. The molecule has 1 amide bonds. The van der Waals surface area contributed by atoms with Crippen LogP contribution in [0.25, 0.3) is 17.2 Å². The zero-order valence-electron chi connectivity index (χ0n) is 25.6. The number of fused-ring (bicyclic) bond motifs is 1. The van der Waals surface area contributed by atoms with Crippen LogP contribution in [0.15, 0.2) is 86.2 Å². The Labute approximate surface area is 262 Å². The smallest absolute Gasteiger partial charge is 0.332 e. The highest BCUT2D eigenvalue weighted by Crippen LogP contribution is 2.39. The Morgan fingerprint density at radius 3 is 2.24 bits per heavy atom. The maximum atomic E-state index is 13.8. The quantitative estimate of drug-likeness (QED) is 0.239. The number of aromatic nitrogens is 4. The van der Waals surface area contributed by atoms with Gasteiger partial charge in [-0.1, -0.05) is 42.5 Å². The van der Waals surface area contributed by atoms with Gasteiger partial charge in [0, 0.05) is 21.1 Å². The summed E-state index contributed by atoms with van der Waals surface area (Å²) in [7, 11) is 6.11. The van der Waals surface area contributed by atoms with Gasteiger partial charge in [0.2, 0.25) is 0 Å². The first kappa shape index (κ1) is 29.7. The molecule has 3 aromatic carbocycles. The van der Waals surface area contributed by atoms with Crippen molar-refractivity contribution in [3.8, 4) is 17.5 Å². The van der Waals surface area contributed by atoms with Gasteiger partial charge in [-0.2, -0.15) is 4.98 Å². The molecule has 1 fully saturated rings. The van der Waals surface area contributed by atoms with E-state index >= 15 is 0 Å². The second-order valence-corrected chi connectivity index (χ2v) is 11.6. The van der Waals surface area contributed by atoms with Gasteiger partial charge in [-0.15, -0.1) is 0 Å². The number of nitrogens with zero attached hydrogens (tertiary/aromatic N) is 6. The molecule has 1 aliphatic heterocycles. The molecule has 0 spiro atoms.